The lowest BCUT2D eigenvalue weighted by molar-refractivity contribution is 1.26. The van der Waals surface area contributed by atoms with Crippen LogP contribution in [0.15, 0.2) is 170 Å². The average molecular weight is 475 g/mol. The molecule has 6 aromatic rings. The molecule has 6 aromatic carbocycles. The van der Waals surface area contributed by atoms with Gasteiger partial charge >= 0.3 is 0 Å². The topological polar surface area (TPSA) is 0 Å². The summed E-state index contributed by atoms with van der Waals surface area (Å²) in [4.78, 5) is 0. The van der Waals surface area contributed by atoms with Gasteiger partial charge in [0.2, 0.25) is 0 Å². The van der Waals surface area contributed by atoms with E-state index in [0.717, 1.165) is 6.42 Å². The van der Waals surface area contributed by atoms with Crippen LogP contribution in [0.25, 0.3) is 33.4 Å². The molecule has 178 valence electrons. The van der Waals surface area contributed by atoms with Gasteiger partial charge < -0.3 is 0 Å². The monoisotopic (exact) mass is 474 g/mol. The summed E-state index contributed by atoms with van der Waals surface area (Å²) < 4.78 is 0. The molecule has 0 amide bonds. The third-order valence-electron chi connectivity index (χ3n) is 6.47. The second-order valence-corrected chi connectivity index (χ2v) is 8.96. The van der Waals surface area contributed by atoms with Crippen molar-refractivity contribution < 1.29 is 0 Å². The SMILES string of the molecule is c1ccc(-c2ccccc2)cc1.c1ccc(-c2ccccc2)cc1.c1ccc2c(c1)Cc1ccccc1-2. The minimum absolute atomic E-state index is 1.10. The predicted molar refractivity (Wildman–Crippen MR) is 158 cm³/mol. The first kappa shape index (κ1) is 24.0. The van der Waals surface area contributed by atoms with E-state index in [4.69, 9.17) is 0 Å². The van der Waals surface area contributed by atoms with Crippen molar-refractivity contribution in [2.24, 2.45) is 0 Å². The first-order valence-corrected chi connectivity index (χ1v) is 12.8. The molecule has 0 N–H and O–H groups in total. The molecule has 0 radical (unpaired) electrons. The van der Waals surface area contributed by atoms with Gasteiger partial charge in [0.1, 0.15) is 0 Å². The molecule has 0 bridgehead atoms. The smallest absolute Gasteiger partial charge is 0.00135 e. The molecule has 1 aliphatic carbocycles. The highest BCUT2D eigenvalue weighted by molar-refractivity contribution is 5.76. The van der Waals surface area contributed by atoms with Crippen molar-refractivity contribution in [2.75, 3.05) is 0 Å². The average Bonchev–Trinajstić information content (AvgIpc) is 3.39. The van der Waals surface area contributed by atoms with E-state index < -0.39 is 0 Å². The summed E-state index contributed by atoms with van der Waals surface area (Å²) in [7, 11) is 0. The van der Waals surface area contributed by atoms with Crippen LogP contribution in [0.3, 0.4) is 0 Å². The molecule has 0 saturated heterocycles. The minimum Gasteiger partial charge on any atom is -0.0622 e. The summed E-state index contributed by atoms with van der Waals surface area (Å²) in [5.41, 5.74) is 10.9. The molecule has 0 fully saturated rings. The molecule has 0 spiro atoms. The number of rotatable bonds is 2. The summed E-state index contributed by atoms with van der Waals surface area (Å²) in [5.74, 6) is 0. The fourth-order valence-corrected chi connectivity index (χ4v) is 4.60. The highest BCUT2D eigenvalue weighted by Crippen LogP contribution is 2.35. The fourth-order valence-electron chi connectivity index (χ4n) is 4.60. The molecule has 1 aliphatic rings. The van der Waals surface area contributed by atoms with Crippen LogP contribution in [0.4, 0.5) is 0 Å². The van der Waals surface area contributed by atoms with E-state index >= 15 is 0 Å². The molecule has 0 aromatic heterocycles. The van der Waals surface area contributed by atoms with Crippen molar-refractivity contribution in [2.45, 2.75) is 6.42 Å². The molecule has 0 nitrogen and oxygen atoms in total. The van der Waals surface area contributed by atoms with Gasteiger partial charge in [-0.2, -0.15) is 0 Å². The second kappa shape index (κ2) is 12.3. The Bertz CT molecular complexity index is 1310. The maximum absolute atomic E-state index is 2.22. The molecular weight excluding hydrogens is 444 g/mol. The first-order chi connectivity index (χ1) is 18.4. The van der Waals surface area contributed by atoms with E-state index in [0.29, 0.717) is 0 Å². The lowest BCUT2D eigenvalue weighted by atomic mass is 10.1. The Kier molecular flexibility index (Phi) is 8.01. The maximum atomic E-state index is 2.22. The Morgan fingerprint density at radius 1 is 0.243 bits per heavy atom. The quantitative estimate of drug-likeness (QED) is 0.234. The summed E-state index contributed by atoms with van der Waals surface area (Å²) in [6, 6.07) is 58.9. The summed E-state index contributed by atoms with van der Waals surface area (Å²) in [6.45, 7) is 0. The predicted octanol–water partition coefficient (Wildman–Crippen LogP) is 9.96. The van der Waals surface area contributed by atoms with Crippen LogP contribution in [-0.2, 0) is 6.42 Å². The molecular formula is C37H30. The molecule has 7 rings (SSSR count). The molecule has 0 unspecified atom stereocenters. The third-order valence-corrected chi connectivity index (χ3v) is 6.47. The largest absolute Gasteiger partial charge is 0.0622 e. The van der Waals surface area contributed by atoms with Crippen molar-refractivity contribution in [3.8, 4) is 33.4 Å². The Morgan fingerprint density at radius 2 is 0.486 bits per heavy atom. The highest BCUT2D eigenvalue weighted by atomic mass is 14.2. The zero-order valence-electron chi connectivity index (χ0n) is 20.9. The van der Waals surface area contributed by atoms with Crippen LogP contribution in [-0.4, -0.2) is 0 Å². The van der Waals surface area contributed by atoms with Gasteiger partial charge in [-0.3, -0.25) is 0 Å². The summed E-state index contributed by atoms with van der Waals surface area (Å²) in [6.07, 6.45) is 1.10. The van der Waals surface area contributed by atoms with Crippen molar-refractivity contribution in [3.05, 3.63) is 181 Å². The zero-order valence-corrected chi connectivity index (χ0v) is 20.9. The standard InChI is InChI=1S/C13H10.2C12H10/c1-3-7-12-10(5-1)9-11-6-2-4-8-13(11)12;2*1-3-7-11(8-4-1)12-9-5-2-6-10-12/h1-8H,9H2;2*1-10H. The molecule has 0 heteroatoms. The Balaban J connectivity index is 0.000000114. The number of hydrogen-bond acceptors (Lipinski definition) is 0. The summed E-state index contributed by atoms with van der Waals surface area (Å²) >= 11 is 0. The maximum Gasteiger partial charge on any atom is -0.00135 e. The molecule has 0 aliphatic heterocycles. The van der Waals surface area contributed by atoms with E-state index in [1.54, 1.807) is 0 Å². The van der Waals surface area contributed by atoms with Crippen LogP contribution in [0.5, 0.6) is 0 Å². The van der Waals surface area contributed by atoms with Gasteiger partial charge in [-0.15, -0.1) is 0 Å². The van der Waals surface area contributed by atoms with Crippen LogP contribution in [0, 0.1) is 0 Å². The van der Waals surface area contributed by atoms with Gasteiger partial charge in [-0.25, -0.2) is 0 Å². The van der Waals surface area contributed by atoms with Crippen LogP contribution < -0.4 is 0 Å². The zero-order chi connectivity index (χ0) is 25.1. The van der Waals surface area contributed by atoms with Crippen molar-refractivity contribution >= 4 is 0 Å². The van der Waals surface area contributed by atoms with Crippen LogP contribution in [0.1, 0.15) is 11.1 Å². The number of hydrogen-bond donors (Lipinski definition) is 0. The molecule has 0 atom stereocenters. The second-order valence-electron chi connectivity index (χ2n) is 8.96. The fraction of sp³-hybridized carbons (Fsp3) is 0.0270. The lowest BCUT2D eigenvalue weighted by Crippen LogP contribution is -1.77. The molecule has 0 saturated carbocycles. The first-order valence-electron chi connectivity index (χ1n) is 12.8. The molecule has 37 heavy (non-hydrogen) atoms. The minimum atomic E-state index is 1.10. The van der Waals surface area contributed by atoms with E-state index in [9.17, 15) is 0 Å². The number of benzene rings is 6. The lowest BCUT2D eigenvalue weighted by Gasteiger charge is -1.98. The van der Waals surface area contributed by atoms with E-state index in [-0.39, 0.29) is 0 Å². The Hall–Kier alpha value is -4.68. The van der Waals surface area contributed by atoms with Gasteiger partial charge in [0, 0.05) is 0 Å². The van der Waals surface area contributed by atoms with Crippen molar-refractivity contribution in [1.29, 1.82) is 0 Å². The van der Waals surface area contributed by atoms with E-state index in [2.05, 4.69) is 146 Å². The summed E-state index contributed by atoms with van der Waals surface area (Å²) in [5, 5.41) is 0. The van der Waals surface area contributed by atoms with E-state index in [1.807, 2.05) is 24.3 Å². The van der Waals surface area contributed by atoms with Gasteiger partial charge in [0.05, 0.1) is 0 Å². The van der Waals surface area contributed by atoms with Gasteiger partial charge in [0.25, 0.3) is 0 Å². The Labute approximate surface area is 220 Å². The van der Waals surface area contributed by atoms with Crippen LogP contribution >= 0.6 is 0 Å². The van der Waals surface area contributed by atoms with E-state index in [1.165, 1.54) is 44.5 Å². The van der Waals surface area contributed by atoms with Gasteiger partial charge in [0.15, 0.2) is 0 Å². The molecule has 0 heterocycles. The van der Waals surface area contributed by atoms with Crippen molar-refractivity contribution in [1.82, 2.24) is 0 Å². The normalized spacial score (nSPS) is 10.6. The van der Waals surface area contributed by atoms with Crippen molar-refractivity contribution in [3.63, 3.8) is 0 Å². The van der Waals surface area contributed by atoms with Gasteiger partial charge in [-0.05, 0) is 50.9 Å². The van der Waals surface area contributed by atoms with Crippen LogP contribution in [0.2, 0.25) is 0 Å². The Morgan fingerprint density at radius 3 is 0.784 bits per heavy atom. The van der Waals surface area contributed by atoms with Gasteiger partial charge in [-0.1, -0.05) is 170 Å². The highest BCUT2D eigenvalue weighted by Gasteiger charge is 2.15. The third kappa shape index (κ3) is 6.31. The number of fused-ring (bicyclic) bond motifs is 3.